The van der Waals surface area contributed by atoms with Crippen molar-refractivity contribution in [2.75, 3.05) is 17.2 Å². The molecule has 0 spiro atoms. The molecular weight excluding hydrogens is 384 g/mol. The summed E-state index contributed by atoms with van der Waals surface area (Å²) in [5.41, 5.74) is 1.40. The van der Waals surface area contributed by atoms with Gasteiger partial charge in [-0.3, -0.25) is 9.59 Å². The molecule has 2 heterocycles. The lowest BCUT2D eigenvalue weighted by Gasteiger charge is -2.23. The first kappa shape index (κ1) is 20.0. The van der Waals surface area contributed by atoms with Crippen LogP contribution in [0.3, 0.4) is 0 Å². The van der Waals surface area contributed by atoms with Crippen LogP contribution in [0.2, 0.25) is 0 Å². The highest BCUT2D eigenvalue weighted by molar-refractivity contribution is 7.89. The molecule has 3 rings (SSSR count). The van der Waals surface area contributed by atoms with E-state index in [4.69, 9.17) is 4.52 Å². The van der Waals surface area contributed by atoms with E-state index in [1.807, 2.05) is 0 Å². The molecule has 2 aromatic rings. The Labute approximate surface area is 163 Å². The minimum atomic E-state index is -3.89. The highest BCUT2D eigenvalue weighted by Crippen LogP contribution is 2.30. The lowest BCUT2D eigenvalue weighted by Crippen LogP contribution is -2.43. The third kappa shape index (κ3) is 3.92. The van der Waals surface area contributed by atoms with Gasteiger partial charge < -0.3 is 15.2 Å². The van der Waals surface area contributed by atoms with Crippen molar-refractivity contribution in [3.63, 3.8) is 0 Å². The normalized spacial score (nSPS) is 17.5. The second-order valence-electron chi connectivity index (χ2n) is 6.67. The molecule has 2 amide bonds. The molecule has 1 atom stereocenters. The van der Waals surface area contributed by atoms with Gasteiger partial charge in [-0.05, 0) is 51.0 Å². The van der Waals surface area contributed by atoms with Crippen LogP contribution < -0.4 is 10.6 Å². The van der Waals surface area contributed by atoms with Crippen LogP contribution in [0.4, 0.5) is 11.4 Å². The third-order valence-electron chi connectivity index (χ3n) is 4.51. The first-order chi connectivity index (χ1) is 13.2. The van der Waals surface area contributed by atoms with Crippen molar-refractivity contribution < 1.29 is 22.5 Å². The van der Waals surface area contributed by atoms with Crippen LogP contribution in [0.1, 0.15) is 31.2 Å². The van der Waals surface area contributed by atoms with Gasteiger partial charge in [-0.25, -0.2) is 8.42 Å². The Morgan fingerprint density at radius 1 is 1.14 bits per heavy atom. The van der Waals surface area contributed by atoms with Crippen LogP contribution in [-0.2, 0) is 19.6 Å². The SMILES string of the molecule is CC(=O)Nc1ccc(NC(=O)[C@H]2CCCN2S(=O)(=O)c2c(C)noc2C)cc1. The molecule has 150 valence electrons. The fourth-order valence-electron chi connectivity index (χ4n) is 3.32. The van der Waals surface area contributed by atoms with E-state index in [-0.39, 0.29) is 28.8 Å². The second kappa shape index (κ2) is 7.72. The number of amides is 2. The van der Waals surface area contributed by atoms with Crippen molar-refractivity contribution in [2.45, 2.75) is 44.6 Å². The number of aromatic nitrogens is 1. The number of nitrogens with zero attached hydrogens (tertiary/aromatic N) is 2. The highest BCUT2D eigenvalue weighted by atomic mass is 32.2. The average Bonchev–Trinajstić information content (AvgIpc) is 3.23. The summed E-state index contributed by atoms with van der Waals surface area (Å²) >= 11 is 0. The van der Waals surface area contributed by atoms with Gasteiger partial charge >= 0.3 is 0 Å². The molecule has 10 heteroatoms. The molecule has 1 aromatic heterocycles. The third-order valence-corrected chi connectivity index (χ3v) is 6.67. The Morgan fingerprint density at radius 2 is 1.75 bits per heavy atom. The molecule has 2 N–H and O–H groups in total. The molecule has 1 aromatic carbocycles. The maximum Gasteiger partial charge on any atom is 0.249 e. The van der Waals surface area contributed by atoms with E-state index < -0.39 is 22.0 Å². The molecule has 1 aliphatic heterocycles. The number of anilines is 2. The van der Waals surface area contributed by atoms with Gasteiger partial charge in [0.1, 0.15) is 16.6 Å². The number of hydrogen-bond donors (Lipinski definition) is 2. The Hall–Kier alpha value is -2.72. The Balaban J connectivity index is 1.77. The van der Waals surface area contributed by atoms with Gasteiger partial charge in [0.25, 0.3) is 0 Å². The molecule has 0 saturated carbocycles. The van der Waals surface area contributed by atoms with Gasteiger partial charge in [0.05, 0.1) is 0 Å². The van der Waals surface area contributed by atoms with E-state index in [0.717, 1.165) is 0 Å². The van der Waals surface area contributed by atoms with Gasteiger partial charge in [-0.1, -0.05) is 5.16 Å². The number of sulfonamides is 1. The van der Waals surface area contributed by atoms with Crippen molar-refractivity contribution in [1.29, 1.82) is 0 Å². The first-order valence-corrected chi connectivity index (χ1v) is 10.3. The maximum absolute atomic E-state index is 13.1. The summed E-state index contributed by atoms with van der Waals surface area (Å²) in [6.07, 6.45) is 1.01. The lowest BCUT2D eigenvalue weighted by molar-refractivity contribution is -0.119. The van der Waals surface area contributed by atoms with E-state index in [2.05, 4.69) is 15.8 Å². The van der Waals surface area contributed by atoms with Crippen molar-refractivity contribution in [3.05, 3.63) is 35.7 Å². The Morgan fingerprint density at radius 3 is 2.29 bits per heavy atom. The number of nitrogens with one attached hydrogen (secondary N) is 2. The van der Waals surface area contributed by atoms with Gasteiger partial charge in [0, 0.05) is 24.8 Å². The lowest BCUT2D eigenvalue weighted by atomic mass is 10.2. The highest BCUT2D eigenvalue weighted by Gasteiger charge is 2.41. The zero-order valence-corrected chi connectivity index (χ0v) is 16.7. The summed E-state index contributed by atoms with van der Waals surface area (Å²) in [7, 11) is -3.89. The Kier molecular flexibility index (Phi) is 5.52. The summed E-state index contributed by atoms with van der Waals surface area (Å²) in [5.74, 6) is -0.389. The Bertz CT molecular complexity index is 978. The molecule has 28 heavy (non-hydrogen) atoms. The van der Waals surface area contributed by atoms with Gasteiger partial charge in [-0.2, -0.15) is 4.31 Å². The largest absolute Gasteiger partial charge is 0.360 e. The van der Waals surface area contributed by atoms with E-state index in [1.165, 1.54) is 18.2 Å². The smallest absolute Gasteiger partial charge is 0.249 e. The number of carbonyl (C=O) groups is 2. The minimum Gasteiger partial charge on any atom is -0.360 e. The number of rotatable bonds is 5. The number of hydrogen-bond acceptors (Lipinski definition) is 6. The molecule has 1 fully saturated rings. The molecule has 0 aliphatic carbocycles. The quantitative estimate of drug-likeness (QED) is 0.784. The topological polar surface area (TPSA) is 122 Å². The molecule has 9 nitrogen and oxygen atoms in total. The summed E-state index contributed by atoms with van der Waals surface area (Å²) in [5, 5.41) is 9.09. The van der Waals surface area contributed by atoms with Gasteiger partial charge in [0.2, 0.25) is 21.8 Å². The average molecular weight is 406 g/mol. The van der Waals surface area contributed by atoms with Crippen LogP contribution in [0.15, 0.2) is 33.7 Å². The van der Waals surface area contributed by atoms with Crippen LogP contribution in [0.5, 0.6) is 0 Å². The minimum absolute atomic E-state index is 0.0202. The van der Waals surface area contributed by atoms with Gasteiger partial charge in [-0.15, -0.1) is 0 Å². The van der Waals surface area contributed by atoms with E-state index >= 15 is 0 Å². The first-order valence-electron chi connectivity index (χ1n) is 8.83. The molecular formula is C18H22N4O5S. The number of benzene rings is 1. The van der Waals surface area contributed by atoms with Crippen LogP contribution in [0, 0.1) is 13.8 Å². The molecule has 0 bridgehead atoms. The van der Waals surface area contributed by atoms with E-state index in [1.54, 1.807) is 31.2 Å². The second-order valence-corrected chi connectivity index (χ2v) is 8.50. The maximum atomic E-state index is 13.1. The van der Waals surface area contributed by atoms with E-state index in [0.29, 0.717) is 24.2 Å². The molecule has 0 radical (unpaired) electrons. The zero-order valence-electron chi connectivity index (χ0n) is 15.9. The number of aryl methyl sites for hydroxylation is 2. The molecule has 0 unspecified atom stereocenters. The molecule has 1 aliphatic rings. The fraction of sp³-hybridized carbons (Fsp3) is 0.389. The zero-order chi connectivity index (χ0) is 20.5. The van der Waals surface area contributed by atoms with Crippen molar-refractivity contribution in [3.8, 4) is 0 Å². The van der Waals surface area contributed by atoms with Crippen LogP contribution in [-0.4, -0.2) is 42.3 Å². The standard InChI is InChI=1S/C18H22N4O5S/c1-11-17(12(2)27-21-11)28(25,26)22-10-4-5-16(22)18(24)20-15-8-6-14(7-9-15)19-13(3)23/h6-9,16H,4-5,10H2,1-3H3,(H,19,23)(H,20,24)/t16-/m1/s1. The predicted octanol–water partition coefficient (Wildman–Crippen LogP) is 2.04. The van der Waals surface area contributed by atoms with Crippen LogP contribution >= 0.6 is 0 Å². The number of carbonyl (C=O) groups excluding carboxylic acids is 2. The monoisotopic (exact) mass is 406 g/mol. The van der Waals surface area contributed by atoms with Crippen LogP contribution in [0.25, 0.3) is 0 Å². The summed E-state index contributed by atoms with van der Waals surface area (Å²) in [6, 6.07) is 5.79. The summed E-state index contributed by atoms with van der Waals surface area (Å²) < 4.78 is 32.3. The molecule has 1 saturated heterocycles. The van der Waals surface area contributed by atoms with E-state index in [9.17, 15) is 18.0 Å². The predicted molar refractivity (Wildman–Crippen MR) is 102 cm³/mol. The summed E-state index contributed by atoms with van der Waals surface area (Å²) in [4.78, 5) is 23.8. The van der Waals surface area contributed by atoms with Gasteiger partial charge in [0.15, 0.2) is 5.76 Å². The fourth-order valence-corrected chi connectivity index (χ4v) is 5.27. The van der Waals surface area contributed by atoms with Crippen molar-refractivity contribution in [2.24, 2.45) is 0 Å². The van der Waals surface area contributed by atoms with Crippen molar-refractivity contribution >= 4 is 33.2 Å². The summed E-state index contributed by atoms with van der Waals surface area (Å²) in [6.45, 7) is 4.76. The van der Waals surface area contributed by atoms with Crippen molar-refractivity contribution in [1.82, 2.24) is 9.46 Å².